The van der Waals surface area contributed by atoms with Crippen LogP contribution in [0.2, 0.25) is 5.02 Å². The summed E-state index contributed by atoms with van der Waals surface area (Å²) in [5.74, 6) is -0.183. The molecule has 2 aliphatic rings. The fraction of sp³-hybridized carbons (Fsp3) is 0.179. The second-order valence-electron chi connectivity index (χ2n) is 8.43. The number of fused-ring (bicyclic) bond motifs is 3. The lowest BCUT2D eigenvalue weighted by Crippen LogP contribution is -2.44. The third-order valence-electron chi connectivity index (χ3n) is 6.77. The van der Waals surface area contributed by atoms with Crippen LogP contribution < -0.4 is 9.64 Å². The number of anilines is 1. The minimum absolute atomic E-state index is 0.144. The van der Waals surface area contributed by atoms with Gasteiger partial charge in [-0.25, -0.2) is 0 Å². The van der Waals surface area contributed by atoms with Gasteiger partial charge < -0.3 is 9.64 Å². The Balaban J connectivity index is 1.77. The molecule has 5 nitrogen and oxygen atoms in total. The van der Waals surface area contributed by atoms with Crippen LogP contribution in [-0.4, -0.2) is 25.0 Å². The van der Waals surface area contributed by atoms with Gasteiger partial charge in [-0.2, -0.15) is 10.5 Å². The molecule has 0 saturated carbocycles. The molecule has 0 spiro atoms. The Morgan fingerprint density at radius 3 is 2.38 bits per heavy atom. The van der Waals surface area contributed by atoms with Crippen LogP contribution in [0.5, 0.6) is 5.75 Å². The number of hydrogen-bond acceptors (Lipinski definition) is 5. The van der Waals surface area contributed by atoms with E-state index in [-0.39, 0.29) is 5.78 Å². The molecule has 3 aromatic rings. The van der Waals surface area contributed by atoms with E-state index in [1.165, 1.54) is 0 Å². The van der Waals surface area contributed by atoms with Gasteiger partial charge in [0.25, 0.3) is 0 Å². The Labute approximate surface area is 203 Å². The Hall–Kier alpha value is -4.06. The molecule has 1 saturated heterocycles. The molecule has 166 valence electrons. The van der Waals surface area contributed by atoms with Crippen LogP contribution in [0.25, 0.3) is 6.08 Å². The van der Waals surface area contributed by atoms with E-state index in [0.29, 0.717) is 16.3 Å². The number of nitriles is 2. The number of benzene rings is 3. The van der Waals surface area contributed by atoms with Gasteiger partial charge in [0.05, 0.1) is 25.3 Å². The molecule has 5 rings (SSSR count). The van der Waals surface area contributed by atoms with Gasteiger partial charge in [0, 0.05) is 22.2 Å². The third-order valence-corrected chi connectivity index (χ3v) is 7.00. The van der Waals surface area contributed by atoms with Gasteiger partial charge in [0.15, 0.2) is 11.2 Å². The standard InChI is InChI=1S/C28H20ClN3O2/c1-34-22-11-7-18(8-12-22)25-26(27(33)19-5-3-2-4-6-19)32-23-13-10-21(29)15-20(23)9-14-24(32)28(25,16-30)17-31/h2-15,24-26H,1H3/t24-,25-,26-/m1/s1. The van der Waals surface area contributed by atoms with Crippen molar-refractivity contribution in [3.63, 3.8) is 0 Å². The molecule has 0 bridgehead atoms. The van der Waals surface area contributed by atoms with Gasteiger partial charge in [-0.05, 0) is 41.5 Å². The fourth-order valence-corrected chi connectivity index (χ4v) is 5.40. The predicted octanol–water partition coefficient (Wildman–Crippen LogP) is 5.63. The number of ketones is 1. The Bertz CT molecular complexity index is 1360. The lowest BCUT2D eigenvalue weighted by Gasteiger charge is -2.35. The van der Waals surface area contributed by atoms with Crippen LogP contribution in [0.1, 0.15) is 27.4 Å². The first kappa shape index (κ1) is 21.8. The monoisotopic (exact) mass is 465 g/mol. The molecular weight excluding hydrogens is 446 g/mol. The first-order valence-electron chi connectivity index (χ1n) is 10.9. The minimum atomic E-state index is -1.49. The number of methoxy groups -OCH3 is 1. The summed E-state index contributed by atoms with van der Waals surface area (Å²) in [6.07, 6.45) is 3.73. The number of ether oxygens (including phenoxy) is 1. The van der Waals surface area contributed by atoms with Gasteiger partial charge >= 0.3 is 0 Å². The molecule has 0 N–H and O–H groups in total. The second kappa shape index (κ2) is 8.37. The zero-order valence-electron chi connectivity index (χ0n) is 18.4. The molecule has 3 aromatic carbocycles. The molecule has 2 heterocycles. The van der Waals surface area contributed by atoms with Crippen LogP contribution in [0.4, 0.5) is 5.69 Å². The first-order chi connectivity index (χ1) is 16.5. The van der Waals surface area contributed by atoms with Crippen molar-refractivity contribution in [2.75, 3.05) is 12.0 Å². The molecule has 0 amide bonds. The highest BCUT2D eigenvalue weighted by Gasteiger charge is 2.63. The minimum Gasteiger partial charge on any atom is -0.497 e. The summed E-state index contributed by atoms with van der Waals surface area (Å²) in [7, 11) is 1.58. The van der Waals surface area contributed by atoms with E-state index in [1.54, 1.807) is 37.4 Å². The van der Waals surface area contributed by atoms with Crippen molar-refractivity contribution in [2.45, 2.75) is 18.0 Å². The van der Waals surface area contributed by atoms with E-state index < -0.39 is 23.4 Å². The van der Waals surface area contributed by atoms with Crippen molar-refractivity contribution in [3.8, 4) is 17.9 Å². The van der Waals surface area contributed by atoms with E-state index in [2.05, 4.69) is 12.1 Å². The summed E-state index contributed by atoms with van der Waals surface area (Å²) in [4.78, 5) is 16.0. The van der Waals surface area contributed by atoms with Crippen molar-refractivity contribution in [3.05, 3.63) is 101 Å². The van der Waals surface area contributed by atoms with Crippen LogP contribution in [0.15, 0.2) is 78.9 Å². The number of Topliss-reactive ketones (excluding diaryl/α,β-unsaturated/α-hetero) is 1. The number of carbonyl (C=O) groups is 1. The van der Waals surface area contributed by atoms with E-state index in [9.17, 15) is 15.3 Å². The molecule has 0 aromatic heterocycles. The third kappa shape index (κ3) is 3.17. The predicted molar refractivity (Wildman–Crippen MR) is 131 cm³/mol. The van der Waals surface area contributed by atoms with Crippen molar-refractivity contribution in [2.24, 2.45) is 5.41 Å². The van der Waals surface area contributed by atoms with E-state index >= 15 is 0 Å². The average Bonchev–Trinajstić information content (AvgIpc) is 3.19. The maximum atomic E-state index is 14.1. The fourth-order valence-electron chi connectivity index (χ4n) is 5.22. The number of nitrogens with zero attached hydrogens (tertiary/aromatic N) is 3. The van der Waals surface area contributed by atoms with Crippen LogP contribution >= 0.6 is 11.6 Å². The number of rotatable bonds is 4. The highest BCUT2D eigenvalue weighted by atomic mass is 35.5. The summed E-state index contributed by atoms with van der Waals surface area (Å²) >= 11 is 6.24. The molecule has 34 heavy (non-hydrogen) atoms. The summed E-state index contributed by atoms with van der Waals surface area (Å²) in [6.45, 7) is 0. The van der Waals surface area contributed by atoms with Crippen LogP contribution in [0, 0.1) is 28.1 Å². The smallest absolute Gasteiger partial charge is 0.185 e. The molecule has 3 atom stereocenters. The molecule has 6 heteroatoms. The Morgan fingerprint density at radius 1 is 1.03 bits per heavy atom. The molecule has 0 aliphatic carbocycles. The molecule has 0 unspecified atom stereocenters. The number of carbonyl (C=O) groups excluding carboxylic acids is 1. The molecular formula is C28H20ClN3O2. The Morgan fingerprint density at radius 2 is 1.74 bits per heavy atom. The highest BCUT2D eigenvalue weighted by Crippen LogP contribution is 2.55. The lowest BCUT2D eigenvalue weighted by atomic mass is 9.69. The van der Waals surface area contributed by atoms with E-state index in [1.807, 2.05) is 59.5 Å². The van der Waals surface area contributed by atoms with Crippen molar-refractivity contribution in [1.82, 2.24) is 0 Å². The second-order valence-corrected chi connectivity index (χ2v) is 8.87. The van der Waals surface area contributed by atoms with E-state index in [4.69, 9.17) is 16.3 Å². The first-order valence-corrected chi connectivity index (χ1v) is 11.2. The average molecular weight is 466 g/mol. The topological polar surface area (TPSA) is 77.1 Å². The zero-order valence-corrected chi connectivity index (χ0v) is 19.1. The maximum Gasteiger partial charge on any atom is 0.185 e. The van der Waals surface area contributed by atoms with Gasteiger partial charge in [-0.3, -0.25) is 4.79 Å². The largest absolute Gasteiger partial charge is 0.497 e. The molecule has 0 radical (unpaired) electrons. The van der Waals surface area contributed by atoms with Gasteiger partial charge in [0.2, 0.25) is 0 Å². The lowest BCUT2D eigenvalue weighted by molar-refractivity contribution is 0.0951. The van der Waals surface area contributed by atoms with Crippen molar-refractivity contribution in [1.29, 1.82) is 10.5 Å². The maximum absolute atomic E-state index is 14.1. The molecule has 1 fully saturated rings. The zero-order chi connectivity index (χ0) is 23.9. The number of halogens is 1. The van der Waals surface area contributed by atoms with Gasteiger partial charge in [-0.15, -0.1) is 0 Å². The SMILES string of the molecule is COc1ccc([C@@H]2[C@H](C(=O)c3ccccc3)N3c4ccc(Cl)cc4C=C[C@@H]3C2(C#N)C#N)cc1. The van der Waals surface area contributed by atoms with Crippen molar-refractivity contribution < 1.29 is 9.53 Å². The summed E-state index contributed by atoms with van der Waals surface area (Å²) in [5, 5.41) is 21.5. The van der Waals surface area contributed by atoms with Crippen LogP contribution in [0.3, 0.4) is 0 Å². The van der Waals surface area contributed by atoms with E-state index in [0.717, 1.165) is 16.8 Å². The summed E-state index contributed by atoms with van der Waals surface area (Å²) < 4.78 is 5.30. The Kier molecular flexibility index (Phi) is 5.36. The normalized spacial score (nSPS) is 21.6. The highest BCUT2D eigenvalue weighted by molar-refractivity contribution is 6.30. The van der Waals surface area contributed by atoms with Crippen LogP contribution in [-0.2, 0) is 0 Å². The summed E-state index contributed by atoms with van der Waals surface area (Å²) in [5.41, 5.74) is 1.39. The number of hydrogen-bond donors (Lipinski definition) is 0. The molecule has 2 aliphatic heterocycles. The quantitative estimate of drug-likeness (QED) is 0.466. The van der Waals surface area contributed by atoms with Gasteiger partial charge in [-0.1, -0.05) is 66.2 Å². The van der Waals surface area contributed by atoms with Crippen molar-refractivity contribution >= 4 is 29.1 Å². The van der Waals surface area contributed by atoms with Gasteiger partial charge in [0.1, 0.15) is 11.8 Å². The summed E-state index contributed by atoms with van der Waals surface area (Å²) in [6, 6.07) is 25.0.